The minimum atomic E-state index is -1.69. The fourth-order valence-corrected chi connectivity index (χ4v) is 2.66. The maximum absolute atomic E-state index is 14.4. The average Bonchev–Trinajstić information content (AvgIpc) is 2.73. The highest BCUT2D eigenvalue weighted by molar-refractivity contribution is 9.10. The molecule has 1 saturated heterocycles. The lowest BCUT2D eigenvalue weighted by Gasteiger charge is -2.28. The second kappa shape index (κ2) is 7.02. The molecule has 0 unspecified atom stereocenters. The first-order chi connectivity index (χ1) is 11.1. The van der Waals surface area contributed by atoms with Gasteiger partial charge in [-0.2, -0.15) is 0 Å². The molecule has 0 aliphatic carbocycles. The number of hydrogen-bond acceptors (Lipinski definition) is 5. The highest BCUT2D eigenvalue weighted by atomic mass is 79.9. The monoisotopic (exact) mass is 402 g/mol. The van der Waals surface area contributed by atoms with Gasteiger partial charge in [-0.3, -0.25) is 9.69 Å². The number of nitrogens with one attached hydrogen (secondary N) is 1. The Morgan fingerprint density at radius 1 is 1.46 bits per heavy atom. The molecule has 9 heteroatoms. The van der Waals surface area contributed by atoms with Crippen molar-refractivity contribution >= 4 is 33.7 Å². The topological polar surface area (TPSA) is 97.5 Å². The number of carbonyl (C=O) groups is 2. The SMILES string of the molecule is CC(C)(C)OC(=O)N1C[C@@H](N)[C@H](F)[C@H]1C(=O)Nc1cccc(Br)n1. The first-order valence-electron chi connectivity index (χ1n) is 7.41. The Morgan fingerprint density at radius 2 is 2.12 bits per heavy atom. The summed E-state index contributed by atoms with van der Waals surface area (Å²) in [4.78, 5) is 29.8. The Labute approximate surface area is 147 Å². The zero-order chi connectivity index (χ0) is 18.1. The molecule has 0 radical (unpaired) electrons. The van der Waals surface area contributed by atoms with Gasteiger partial charge in [0.15, 0.2) is 0 Å². The summed E-state index contributed by atoms with van der Waals surface area (Å²) in [6, 6.07) is 2.60. The number of rotatable bonds is 2. The molecule has 1 aromatic rings. The van der Waals surface area contributed by atoms with E-state index in [4.69, 9.17) is 10.5 Å². The van der Waals surface area contributed by atoms with Gasteiger partial charge >= 0.3 is 6.09 Å². The zero-order valence-electron chi connectivity index (χ0n) is 13.6. The first-order valence-corrected chi connectivity index (χ1v) is 8.20. The van der Waals surface area contributed by atoms with Crippen LogP contribution in [0.1, 0.15) is 20.8 Å². The van der Waals surface area contributed by atoms with Gasteiger partial charge in [0, 0.05) is 6.54 Å². The maximum Gasteiger partial charge on any atom is 0.411 e. The summed E-state index contributed by atoms with van der Waals surface area (Å²) < 4.78 is 20.1. The number of amides is 2. The van der Waals surface area contributed by atoms with Crippen molar-refractivity contribution in [3.05, 3.63) is 22.8 Å². The Kier molecular flexibility index (Phi) is 5.44. The number of alkyl halides is 1. The van der Waals surface area contributed by atoms with E-state index in [0.29, 0.717) is 4.60 Å². The highest BCUT2D eigenvalue weighted by Crippen LogP contribution is 2.24. The van der Waals surface area contributed by atoms with Crippen molar-refractivity contribution in [2.24, 2.45) is 5.73 Å². The minimum Gasteiger partial charge on any atom is -0.444 e. The number of anilines is 1. The smallest absolute Gasteiger partial charge is 0.411 e. The molecule has 1 aliphatic heterocycles. The number of aromatic nitrogens is 1. The van der Waals surface area contributed by atoms with E-state index in [-0.39, 0.29) is 12.4 Å². The van der Waals surface area contributed by atoms with Crippen LogP contribution >= 0.6 is 15.9 Å². The van der Waals surface area contributed by atoms with Gasteiger partial charge < -0.3 is 15.8 Å². The molecule has 2 rings (SSSR count). The van der Waals surface area contributed by atoms with Gasteiger partial charge in [-0.05, 0) is 48.8 Å². The van der Waals surface area contributed by atoms with E-state index in [0.717, 1.165) is 4.90 Å². The Hall–Kier alpha value is -1.74. The summed E-state index contributed by atoms with van der Waals surface area (Å²) in [7, 11) is 0. The quantitative estimate of drug-likeness (QED) is 0.737. The summed E-state index contributed by atoms with van der Waals surface area (Å²) in [6.07, 6.45) is -2.47. The molecule has 3 N–H and O–H groups in total. The van der Waals surface area contributed by atoms with E-state index >= 15 is 0 Å². The molecule has 1 fully saturated rings. The van der Waals surface area contributed by atoms with Crippen molar-refractivity contribution in [1.29, 1.82) is 0 Å². The van der Waals surface area contributed by atoms with E-state index < -0.39 is 35.9 Å². The largest absolute Gasteiger partial charge is 0.444 e. The standard InChI is InChI=1S/C15H20BrFN4O3/c1-15(2,3)24-14(23)21-7-8(18)11(17)12(21)13(22)20-10-6-4-5-9(16)19-10/h4-6,8,11-12H,7,18H2,1-3H3,(H,19,20,22)/t8-,11+,12+/m1/s1. The van der Waals surface area contributed by atoms with Crippen LogP contribution in [0.2, 0.25) is 0 Å². The number of hydrogen-bond donors (Lipinski definition) is 2. The summed E-state index contributed by atoms with van der Waals surface area (Å²) >= 11 is 3.18. The molecule has 132 valence electrons. The van der Waals surface area contributed by atoms with E-state index in [1.165, 1.54) is 0 Å². The third-order valence-corrected chi connectivity index (χ3v) is 3.76. The number of halogens is 2. The molecular weight excluding hydrogens is 383 g/mol. The predicted octanol–water partition coefficient (Wildman–Crippen LogP) is 2.07. The maximum atomic E-state index is 14.4. The average molecular weight is 403 g/mol. The third-order valence-electron chi connectivity index (χ3n) is 3.32. The van der Waals surface area contributed by atoms with E-state index in [1.54, 1.807) is 39.0 Å². The fourth-order valence-electron chi connectivity index (χ4n) is 2.32. The summed E-state index contributed by atoms with van der Waals surface area (Å²) in [5.74, 6) is -0.460. The van der Waals surface area contributed by atoms with Crippen LogP contribution in [-0.4, -0.2) is 52.3 Å². The Morgan fingerprint density at radius 3 is 2.71 bits per heavy atom. The van der Waals surface area contributed by atoms with Crippen molar-refractivity contribution in [3.8, 4) is 0 Å². The molecule has 0 aromatic carbocycles. The summed E-state index contributed by atoms with van der Waals surface area (Å²) in [5.41, 5.74) is 4.93. The summed E-state index contributed by atoms with van der Waals surface area (Å²) in [6.45, 7) is 4.97. The van der Waals surface area contributed by atoms with Gasteiger partial charge in [0.1, 0.15) is 28.2 Å². The van der Waals surface area contributed by atoms with Crippen LogP contribution < -0.4 is 11.1 Å². The second-order valence-electron chi connectivity index (χ2n) is 6.52. The molecule has 3 atom stereocenters. The highest BCUT2D eigenvalue weighted by Gasteiger charge is 2.48. The van der Waals surface area contributed by atoms with Crippen LogP contribution in [0.5, 0.6) is 0 Å². The van der Waals surface area contributed by atoms with E-state index in [1.807, 2.05) is 0 Å². The van der Waals surface area contributed by atoms with Crippen molar-refractivity contribution in [2.75, 3.05) is 11.9 Å². The first kappa shape index (κ1) is 18.6. The number of pyridine rings is 1. The van der Waals surface area contributed by atoms with Crippen LogP contribution in [0.25, 0.3) is 0 Å². The molecule has 24 heavy (non-hydrogen) atoms. The second-order valence-corrected chi connectivity index (χ2v) is 7.33. The molecule has 1 aromatic heterocycles. The van der Waals surface area contributed by atoms with Crippen molar-refractivity contribution < 1.29 is 18.7 Å². The molecule has 7 nitrogen and oxygen atoms in total. The molecule has 1 aliphatic rings. The van der Waals surface area contributed by atoms with Crippen molar-refractivity contribution in [2.45, 2.75) is 44.6 Å². The lowest BCUT2D eigenvalue weighted by atomic mass is 10.1. The predicted molar refractivity (Wildman–Crippen MR) is 90.2 cm³/mol. The third kappa shape index (κ3) is 4.41. The lowest BCUT2D eigenvalue weighted by molar-refractivity contribution is -0.121. The van der Waals surface area contributed by atoms with Crippen LogP contribution in [0.15, 0.2) is 22.8 Å². The van der Waals surface area contributed by atoms with Crippen molar-refractivity contribution in [1.82, 2.24) is 9.88 Å². The molecule has 2 heterocycles. The number of nitrogens with two attached hydrogens (primary N) is 1. The van der Waals surface area contributed by atoms with Gasteiger partial charge in [0.25, 0.3) is 5.91 Å². The van der Waals surface area contributed by atoms with Gasteiger partial charge in [-0.25, -0.2) is 14.2 Å². The van der Waals surface area contributed by atoms with Crippen LogP contribution in [-0.2, 0) is 9.53 Å². The van der Waals surface area contributed by atoms with E-state index in [2.05, 4.69) is 26.2 Å². The lowest BCUT2D eigenvalue weighted by Crippen LogP contribution is -2.48. The van der Waals surface area contributed by atoms with Crippen LogP contribution in [0.3, 0.4) is 0 Å². The number of carbonyl (C=O) groups excluding carboxylic acids is 2. The Balaban J connectivity index is 2.17. The number of nitrogens with zero attached hydrogens (tertiary/aromatic N) is 2. The van der Waals surface area contributed by atoms with Gasteiger partial charge in [0.2, 0.25) is 0 Å². The van der Waals surface area contributed by atoms with Gasteiger partial charge in [0.05, 0.1) is 6.04 Å². The van der Waals surface area contributed by atoms with Crippen LogP contribution in [0.4, 0.5) is 15.0 Å². The Bertz CT molecular complexity index is 637. The molecule has 2 amide bonds. The number of likely N-dealkylation sites (tertiary alicyclic amines) is 1. The molecule has 0 saturated carbocycles. The van der Waals surface area contributed by atoms with Gasteiger partial charge in [-0.15, -0.1) is 0 Å². The van der Waals surface area contributed by atoms with Gasteiger partial charge in [-0.1, -0.05) is 6.07 Å². The normalized spacial score (nSPS) is 23.9. The molecule has 0 bridgehead atoms. The molecular formula is C15H20BrFN4O3. The van der Waals surface area contributed by atoms with E-state index in [9.17, 15) is 14.0 Å². The zero-order valence-corrected chi connectivity index (χ0v) is 15.2. The fraction of sp³-hybridized carbons (Fsp3) is 0.533. The van der Waals surface area contributed by atoms with Crippen LogP contribution in [0, 0.1) is 0 Å². The van der Waals surface area contributed by atoms with Crippen molar-refractivity contribution in [3.63, 3.8) is 0 Å². The minimum absolute atomic E-state index is 0.0971. The number of ether oxygens (including phenoxy) is 1. The summed E-state index contributed by atoms with van der Waals surface area (Å²) in [5, 5.41) is 2.50. The molecule has 0 spiro atoms.